The number of benzene rings is 2. The second-order valence-corrected chi connectivity index (χ2v) is 8.82. The average molecular weight is 359 g/mol. The van der Waals surface area contributed by atoms with Crippen LogP contribution in [0.5, 0.6) is 0 Å². The molecule has 0 amide bonds. The first-order chi connectivity index (χ1) is 11.6. The van der Waals surface area contributed by atoms with Gasteiger partial charge in [0.15, 0.2) is 0 Å². The summed E-state index contributed by atoms with van der Waals surface area (Å²) in [4.78, 5) is 16.8. The van der Waals surface area contributed by atoms with Gasteiger partial charge in [-0.1, -0.05) is 39.0 Å². The summed E-state index contributed by atoms with van der Waals surface area (Å²) in [6.07, 6.45) is 0. The van der Waals surface area contributed by atoms with E-state index in [1.807, 2.05) is 12.1 Å². The van der Waals surface area contributed by atoms with Gasteiger partial charge in [0.1, 0.15) is 0 Å². The molecule has 7 heteroatoms. The molecular formula is C18H21N3O3S. The predicted octanol–water partition coefficient (Wildman–Crippen LogP) is 2.63. The molecule has 0 aliphatic rings. The van der Waals surface area contributed by atoms with Crippen molar-refractivity contribution in [3.05, 3.63) is 64.1 Å². The van der Waals surface area contributed by atoms with E-state index >= 15 is 0 Å². The minimum Gasteiger partial charge on any atom is -0.306 e. The van der Waals surface area contributed by atoms with Crippen LogP contribution in [0.25, 0.3) is 11.0 Å². The number of aromatic nitrogens is 2. The molecule has 0 fully saturated rings. The Hall–Kier alpha value is -2.38. The molecule has 0 saturated heterocycles. The second-order valence-electron chi connectivity index (χ2n) is 7.06. The van der Waals surface area contributed by atoms with Crippen LogP contribution >= 0.6 is 0 Å². The van der Waals surface area contributed by atoms with Gasteiger partial charge in [-0.15, -0.1) is 0 Å². The number of hydrogen-bond donors (Lipinski definition) is 3. The molecule has 1 aromatic heterocycles. The van der Waals surface area contributed by atoms with Gasteiger partial charge in [0.05, 0.1) is 15.9 Å². The van der Waals surface area contributed by atoms with E-state index in [9.17, 15) is 13.2 Å². The molecule has 0 atom stereocenters. The molecule has 0 bridgehead atoms. The molecule has 0 spiro atoms. The quantitative estimate of drug-likeness (QED) is 0.668. The summed E-state index contributed by atoms with van der Waals surface area (Å²) in [5.41, 5.74) is 2.86. The molecule has 25 heavy (non-hydrogen) atoms. The van der Waals surface area contributed by atoms with Crippen molar-refractivity contribution >= 4 is 21.1 Å². The molecule has 0 saturated carbocycles. The van der Waals surface area contributed by atoms with Crippen LogP contribution in [0, 0.1) is 0 Å². The Kier molecular flexibility index (Phi) is 4.30. The normalized spacial score (nSPS) is 12.6. The molecule has 0 unspecified atom stereocenters. The first-order valence-electron chi connectivity index (χ1n) is 7.96. The zero-order valence-electron chi connectivity index (χ0n) is 14.4. The summed E-state index contributed by atoms with van der Waals surface area (Å²) in [7, 11) is -3.60. The minimum atomic E-state index is -3.60. The lowest BCUT2D eigenvalue weighted by Crippen LogP contribution is -2.23. The number of imidazole rings is 1. The summed E-state index contributed by atoms with van der Waals surface area (Å²) in [6, 6.07) is 12.2. The molecule has 0 aliphatic heterocycles. The van der Waals surface area contributed by atoms with Crippen molar-refractivity contribution in [1.29, 1.82) is 0 Å². The third kappa shape index (κ3) is 3.83. The van der Waals surface area contributed by atoms with Crippen LogP contribution < -0.4 is 10.4 Å². The summed E-state index contributed by atoms with van der Waals surface area (Å²) in [6.45, 7) is 6.38. The van der Waals surface area contributed by atoms with Gasteiger partial charge in [-0.25, -0.2) is 17.9 Å². The van der Waals surface area contributed by atoms with Crippen LogP contribution in [0.2, 0.25) is 0 Å². The molecule has 3 aromatic rings. The summed E-state index contributed by atoms with van der Waals surface area (Å²) in [5.74, 6) is 0. The van der Waals surface area contributed by atoms with Crippen molar-refractivity contribution < 1.29 is 8.42 Å². The molecule has 1 heterocycles. The van der Waals surface area contributed by atoms with Gasteiger partial charge >= 0.3 is 5.69 Å². The van der Waals surface area contributed by atoms with E-state index in [1.54, 1.807) is 30.3 Å². The third-order valence-electron chi connectivity index (χ3n) is 4.08. The Bertz CT molecular complexity index is 1060. The van der Waals surface area contributed by atoms with Crippen LogP contribution in [0.3, 0.4) is 0 Å². The smallest absolute Gasteiger partial charge is 0.306 e. The molecule has 132 valence electrons. The number of rotatable bonds is 4. The lowest BCUT2D eigenvalue weighted by molar-refractivity contribution is 0.578. The van der Waals surface area contributed by atoms with E-state index in [2.05, 4.69) is 35.5 Å². The fraction of sp³-hybridized carbons (Fsp3) is 0.278. The number of hydrogen-bond acceptors (Lipinski definition) is 3. The maximum atomic E-state index is 12.5. The summed E-state index contributed by atoms with van der Waals surface area (Å²) in [5, 5.41) is 0. The molecule has 0 aliphatic carbocycles. The van der Waals surface area contributed by atoms with Crippen LogP contribution in [-0.4, -0.2) is 18.4 Å². The highest BCUT2D eigenvalue weighted by molar-refractivity contribution is 7.89. The average Bonchev–Trinajstić information content (AvgIpc) is 2.91. The van der Waals surface area contributed by atoms with Gasteiger partial charge in [0.25, 0.3) is 0 Å². The summed E-state index contributed by atoms with van der Waals surface area (Å²) >= 11 is 0. The number of fused-ring (bicyclic) bond motifs is 1. The lowest BCUT2D eigenvalue weighted by Gasteiger charge is -2.19. The number of H-pyrrole nitrogens is 2. The monoisotopic (exact) mass is 359 g/mol. The molecule has 2 aromatic carbocycles. The van der Waals surface area contributed by atoms with Crippen LogP contribution in [0.1, 0.15) is 31.9 Å². The largest absolute Gasteiger partial charge is 0.323 e. The van der Waals surface area contributed by atoms with Crippen molar-refractivity contribution in [2.45, 2.75) is 37.6 Å². The van der Waals surface area contributed by atoms with E-state index in [1.165, 1.54) is 0 Å². The Balaban J connectivity index is 1.77. The van der Waals surface area contributed by atoms with Crippen molar-refractivity contribution in [2.75, 3.05) is 0 Å². The topological polar surface area (TPSA) is 94.8 Å². The highest BCUT2D eigenvalue weighted by Crippen LogP contribution is 2.23. The molecule has 0 radical (unpaired) electrons. The van der Waals surface area contributed by atoms with E-state index in [-0.39, 0.29) is 22.5 Å². The van der Waals surface area contributed by atoms with Gasteiger partial charge < -0.3 is 9.97 Å². The standard InChI is InChI=1S/C18H21N3O3S/c1-18(2,3)13-5-7-14(8-6-13)25(23,24)19-11-12-4-9-15-16(10-12)21-17(22)20-15/h4-10,19H,11H2,1-3H3,(H2,20,21,22). The zero-order valence-corrected chi connectivity index (χ0v) is 15.2. The van der Waals surface area contributed by atoms with Gasteiger partial charge in [-0.3, -0.25) is 0 Å². The van der Waals surface area contributed by atoms with E-state index in [0.717, 1.165) is 11.1 Å². The van der Waals surface area contributed by atoms with Crippen molar-refractivity contribution in [3.8, 4) is 0 Å². The molecule has 3 rings (SSSR count). The zero-order chi connectivity index (χ0) is 18.2. The van der Waals surface area contributed by atoms with Gasteiger partial charge in [-0.05, 0) is 40.8 Å². The van der Waals surface area contributed by atoms with Crippen molar-refractivity contribution in [2.24, 2.45) is 0 Å². The Morgan fingerprint density at radius 2 is 1.60 bits per heavy atom. The number of aromatic amines is 2. The van der Waals surface area contributed by atoms with Crippen molar-refractivity contribution in [1.82, 2.24) is 14.7 Å². The lowest BCUT2D eigenvalue weighted by atomic mass is 9.87. The highest BCUT2D eigenvalue weighted by Gasteiger charge is 2.17. The molecule has 3 N–H and O–H groups in total. The van der Waals surface area contributed by atoms with Gasteiger partial charge in [0.2, 0.25) is 10.0 Å². The van der Waals surface area contributed by atoms with Gasteiger partial charge in [-0.2, -0.15) is 0 Å². The van der Waals surface area contributed by atoms with Crippen molar-refractivity contribution in [3.63, 3.8) is 0 Å². The fourth-order valence-corrected chi connectivity index (χ4v) is 3.60. The minimum absolute atomic E-state index is 0.0292. The molecule has 6 nitrogen and oxygen atoms in total. The number of nitrogens with one attached hydrogen (secondary N) is 3. The van der Waals surface area contributed by atoms with Crippen LogP contribution in [0.15, 0.2) is 52.2 Å². The van der Waals surface area contributed by atoms with Gasteiger partial charge in [0, 0.05) is 6.54 Å². The Morgan fingerprint density at radius 3 is 2.24 bits per heavy atom. The van der Waals surface area contributed by atoms with E-state index in [0.29, 0.717) is 11.0 Å². The SMILES string of the molecule is CC(C)(C)c1ccc(S(=O)(=O)NCc2ccc3[nH]c(=O)[nH]c3c2)cc1. The first kappa shape index (κ1) is 17.4. The summed E-state index contributed by atoms with van der Waals surface area (Å²) < 4.78 is 27.5. The predicted molar refractivity (Wildman–Crippen MR) is 98.1 cm³/mol. The fourth-order valence-electron chi connectivity index (χ4n) is 2.59. The number of sulfonamides is 1. The Labute approximate surface area is 146 Å². The van der Waals surface area contributed by atoms with E-state index < -0.39 is 10.0 Å². The maximum Gasteiger partial charge on any atom is 0.323 e. The van der Waals surface area contributed by atoms with E-state index in [4.69, 9.17) is 0 Å². The first-order valence-corrected chi connectivity index (χ1v) is 9.45. The van der Waals surface area contributed by atoms with Crippen LogP contribution in [-0.2, 0) is 22.0 Å². The maximum absolute atomic E-state index is 12.5. The third-order valence-corrected chi connectivity index (χ3v) is 5.49. The highest BCUT2D eigenvalue weighted by atomic mass is 32.2. The second kappa shape index (κ2) is 6.16. The molecular weight excluding hydrogens is 338 g/mol. The van der Waals surface area contributed by atoms with Crippen LogP contribution in [0.4, 0.5) is 0 Å². The Morgan fingerprint density at radius 1 is 0.960 bits per heavy atom.